The third kappa shape index (κ3) is 7.19. The smallest absolute Gasteiger partial charge is 0 e. The van der Waals surface area contributed by atoms with Gasteiger partial charge < -0.3 is 4.90 Å². The number of nitrogens with zero attached hydrogens (tertiary/aromatic N) is 1. The maximum absolute atomic E-state index is 2.37. The summed E-state index contributed by atoms with van der Waals surface area (Å²) in [6.07, 6.45) is 14.0. The van der Waals surface area contributed by atoms with Crippen molar-refractivity contribution in [2.24, 2.45) is 0 Å². The second-order valence-electron chi connectivity index (χ2n) is 8.05. The third-order valence-corrected chi connectivity index (χ3v) is 8.15. The fourth-order valence-corrected chi connectivity index (χ4v) is 7.01. The normalized spacial score (nSPS) is 15.0. The van der Waals surface area contributed by atoms with E-state index < -0.39 is 0 Å². The first-order valence-electron chi connectivity index (χ1n) is 10.4. The predicted octanol–water partition coefficient (Wildman–Crippen LogP) is 6.92. The Labute approximate surface area is 189 Å². The molecule has 28 heavy (non-hydrogen) atoms. The van der Waals surface area contributed by atoms with Gasteiger partial charge in [0.15, 0.2) is 0 Å². The van der Waals surface area contributed by atoms with Crippen molar-refractivity contribution in [2.45, 2.75) is 64.7 Å². The van der Waals surface area contributed by atoms with Gasteiger partial charge in [-0.2, -0.15) is 0 Å². The molecule has 1 aliphatic rings. The van der Waals surface area contributed by atoms with Gasteiger partial charge in [-0.3, -0.25) is 0 Å². The summed E-state index contributed by atoms with van der Waals surface area (Å²) in [4.78, 5) is 2.27. The van der Waals surface area contributed by atoms with E-state index in [1.165, 1.54) is 42.1 Å². The third-order valence-electron chi connectivity index (χ3n) is 4.94. The summed E-state index contributed by atoms with van der Waals surface area (Å²) >= 11 is 0. The van der Waals surface area contributed by atoms with Gasteiger partial charge in [0.2, 0.25) is 0 Å². The molecule has 5 radical (unpaired) electrons. The van der Waals surface area contributed by atoms with Gasteiger partial charge in [-0.1, -0.05) is 38.4 Å². The van der Waals surface area contributed by atoms with Crippen molar-refractivity contribution in [2.75, 3.05) is 19.0 Å². The van der Waals surface area contributed by atoms with E-state index >= 15 is 0 Å². The Hall–Kier alpha value is -0.291. The fraction of sp³-hybridized carbons (Fsp3) is 0.480. The molecule has 1 aliphatic carbocycles. The maximum Gasteiger partial charge on any atom is 0 e. The molecule has 157 valence electrons. The number of fused-ring (bicyclic) bond motifs is 1. The average molecular weight is 575 g/mol. The van der Waals surface area contributed by atoms with E-state index in [4.69, 9.17) is 0 Å². The average Bonchev–Trinajstić information content (AvgIpc) is 2.94. The number of rotatable bonds is 4. The second kappa shape index (κ2) is 13.1. The molecule has 0 heterocycles. The van der Waals surface area contributed by atoms with Gasteiger partial charge in [-0.05, 0) is 82.5 Å². The van der Waals surface area contributed by atoms with Gasteiger partial charge in [-0.15, -0.1) is 43.6 Å². The molecule has 0 unspecified atom stereocenters. The summed E-state index contributed by atoms with van der Waals surface area (Å²) in [6, 6.07) is 11.2. The zero-order valence-electron chi connectivity index (χ0n) is 18.4. The molecule has 0 N–H and O–H groups in total. The first-order valence-corrected chi connectivity index (χ1v) is 11.9. The van der Waals surface area contributed by atoms with Crippen LogP contribution in [-0.4, -0.2) is 25.4 Å². The van der Waals surface area contributed by atoms with Crippen LogP contribution in [0, 0.1) is 25.7 Å². The Morgan fingerprint density at radius 3 is 1.79 bits per heavy atom. The molecule has 3 rings (SSSR count). The molecule has 1 nitrogen and oxygen atoms in total. The molecule has 2 aromatic carbocycles. The molecule has 1 fully saturated rings. The minimum absolute atomic E-state index is 0. The molecule has 3 heteroatoms. The molecule has 0 aromatic heterocycles. The van der Waals surface area contributed by atoms with E-state index in [1.54, 1.807) is 5.30 Å². The van der Waals surface area contributed by atoms with E-state index in [9.17, 15) is 0 Å². The molecule has 0 atom stereocenters. The van der Waals surface area contributed by atoms with Crippen LogP contribution in [-0.2, 0) is 20.1 Å². The van der Waals surface area contributed by atoms with Crippen LogP contribution in [0.2, 0.25) is 0 Å². The van der Waals surface area contributed by atoms with Crippen LogP contribution in [0.15, 0.2) is 30.3 Å². The first kappa shape index (κ1) is 25.7. The molecule has 0 spiro atoms. The molecular weight excluding hydrogens is 537 g/mol. The van der Waals surface area contributed by atoms with E-state index in [0.29, 0.717) is 0 Å². The van der Waals surface area contributed by atoms with Crippen molar-refractivity contribution < 1.29 is 20.1 Å². The van der Waals surface area contributed by atoms with Crippen LogP contribution in [0.5, 0.6) is 0 Å². The predicted molar refractivity (Wildman–Crippen MR) is 126 cm³/mol. The summed E-state index contributed by atoms with van der Waals surface area (Å²) in [6.45, 7) is 9.47. The zero-order valence-corrected chi connectivity index (χ0v) is 21.7. The van der Waals surface area contributed by atoms with E-state index in [2.05, 4.69) is 103 Å². The minimum atomic E-state index is -0.131. The molecule has 2 aromatic rings. The first-order chi connectivity index (χ1) is 12.9. The van der Waals surface area contributed by atoms with Gasteiger partial charge in [0.05, 0.1) is 0 Å². The van der Waals surface area contributed by atoms with Crippen molar-refractivity contribution in [3.8, 4) is 0 Å². The topological polar surface area (TPSA) is 3.24 Å². The summed E-state index contributed by atoms with van der Waals surface area (Å²) in [5.41, 5.74) is 2.86. The van der Waals surface area contributed by atoms with Crippen LogP contribution < -0.4 is 10.2 Å². The Balaban J connectivity index is 0.000000367. The zero-order chi connectivity index (χ0) is 19.8. The summed E-state index contributed by atoms with van der Waals surface area (Å²) in [7, 11) is 4.19. The molecule has 0 bridgehead atoms. The SMILES string of the molecule is CC(C)P(c1c(N(C)C)c[c-]2ccccc12)C(C)C.[CH]1[CH]CC[CH][CH]CC1.[Ir]. The van der Waals surface area contributed by atoms with Crippen molar-refractivity contribution >= 4 is 29.7 Å². The monoisotopic (exact) mass is 575 g/mol. The number of anilines is 1. The van der Waals surface area contributed by atoms with E-state index in [-0.39, 0.29) is 28.0 Å². The summed E-state index contributed by atoms with van der Waals surface area (Å²) in [5.74, 6) is 0. The van der Waals surface area contributed by atoms with Crippen LogP contribution in [0.3, 0.4) is 0 Å². The van der Waals surface area contributed by atoms with E-state index in [1.807, 2.05) is 0 Å². The Kier molecular flexibility index (Phi) is 12.0. The maximum atomic E-state index is 2.37. The fourth-order valence-electron chi connectivity index (χ4n) is 3.77. The Morgan fingerprint density at radius 2 is 1.36 bits per heavy atom. The van der Waals surface area contributed by atoms with E-state index in [0.717, 1.165) is 11.3 Å². The van der Waals surface area contributed by atoms with Crippen LogP contribution in [0.25, 0.3) is 10.8 Å². The summed E-state index contributed by atoms with van der Waals surface area (Å²) in [5, 5.41) is 4.44. The van der Waals surface area contributed by atoms with Gasteiger partial charge >= 0.3 is 0 Å². The second-order valence-corrected chi connectivity index (χ2v) is 11.4. The van der Waals surface area contributed by atoms with Crippen molar-refractivity contribution in [1.82, 2.24) is 0 Å². The standard InChI is InChI=1S/C17H25NP.C8H12.Ir/c1-12(2)19(13(3)4)17-15-10-8-7-9-14(15)11-16(17)18(5)6;1-2-4-6-8-7-5-3-1;/h7-13H,1-6H3;1-2,7-8H,3-6H2;/q-1;;. The molecular formula is C25H37IrNP-. The van der Waals surface area contributed by atoms with Crippen molar-refractivity contribution in [3.05, 3.63) is 56.0 Å². The van der Waals surface area contributed by atoms with Gasteiger partial charge in [-0.25, -0.2) is 0 Å². The Bertz CT molecular complexity index is 642. The largest absolute Gasteiger partial charge is 0.413 e. The van der Waals surface area contributed by atoms with Gasteiger partial charge in [0, 0.05) is 20.1 Å². The molecule has 0 saturated heterocycles. The van der Waals surface area contributed by atoms with Crippen molar-refractivity contribution in [1.29, 1.82) is 0 Å². The number of hydrogen-bond donors (Lipinski definition) is 0. The van der Waals surface area contributed by atoms with Crippen LogP contribution in [0.4, 0.5) is 5.69 Å². The summed E-state index contributed by atoms with van der Waals surface area (Å²) < 4.78 is 0. The van der Waals surface area contributed by atoms with Gasteiger partial charge in [0.25, 0.3) is 0 Å². The molecule has 1 saturated carbocycles. The number of hydrogen-bond acceptors (Lipinski definition) is 1. The van der Waals surface area contributed by atoms with Crippen LogP contribution in [0.1, 0.15) is 53.4 Å². The quantitative estimate of drug-likeness (QED) is 0.283. The molecule has 0 amide bonds. The number of benzene rings is 1. The minimum Gasteiger partial charge on any atom is -0.413 e. The Morgan fingerprint density at radius 1 is 0.857 bits per heavy atom. The van der Waals surface area contributed by atoms with Gasteiger partial charge in [0.1, 0.15) is 0 Å². The van der Waals surface area contributed by atoms with Crippen LogP contribution >= 0.6 is 7.92 Å². The molecule has 0 aliphatic heterocycles. The van der Waals surface area contributed by atoms with Crippen molar-refractivity contribution in [3.63, 3.8) is 0 Å².